The minimum absolute atomic E-state index is 0.0877. The molecular formula is C18H17F3N2O3. The van der Waals surface area contributed by atoms with Crippen LogP contribution in [0, 0.1) is 17.5 Å². The van der Waals surface area contributed by atoms with E-state index < -0.39 is 35.0 Å². The van der Waals surface area contributed by atoms with Crippen LogP contribution in [0.15, 0.2) is 36.4 Å². The number of esters is 1. The summed E-state index contributed by atoms with van der Waals surface area (Å²) in [6, 6.07) is 8.28. The minimum Gasteiger partial charge on any atom is -0.462 e. The third-order valence-electron chi connectivity index (χ3n) is 3.40. The van der Waals surface area contributed by atoms with Crippen LogP contribution in [0.25, 0.3) is 0 Å². The molecule has 0 spiro atoms. The molecule has 0 radical (unpaired) electrons. The fourth-order valence-electron chi connectivity index (χ4n) is 2.17. The van der Waals surface area contributed by atoms with E-state index >= 15 is 0 Å². The molecule has 2 aromatic carbocycles. The summed E-state index contributed by atoms with van der Waals surface area (Å²) in [4.78, 5) is 23.7. The molecule has 2 rings (SSSR count). The van der Waals surface area contributed by atoms with Crippen molar-refractivity contribution >= 4 is 23.3 Å². The molecule has 2 N–H and O–H groups in total. The van der Waals surface area contributed by atoms with Gasteiger partial charge in [0.05, 0.1) is 17.9 Å². The Kier molecular flexibility index (Phi) is 6.60. The summed E-state index contributed by atoms with van der Waals surface area (Å²) in [7, 11) is 0. The van der Waals surface area contributed by atoms with Crippen molar-refractivity contribution < 1.29 is 27.5 Å². The van der Waals surface area contributed by atoms with Gasteiger partial charge in [0.1, 0.15) is 0 Å². The highest BCUT2D eigenvalue weighted by Crippen LogP contribution is 2.20. The standard InChI is InChI=1S/C18H17F3N2O3/c1-2-26-18(25)11-5-3-4-6-13(11)22-10-9-15(24)23-14-8-7-12(19)16(20)17(14)21/h3-8,22H,2,9-10H2,1H3,(H,23,24). The van der Waals surface area contributed by atoms with Crippen LogP contribution in [0.3, 0.4) is 0 Å². The summed E-state index contributed by atoms with van der Waals surface area (Å²) in [5, 5.41) is 5.08. The van der Waals surface area contributed by atoms with Crippen molar-refractivity contribution in [2.45, 2.75) is 13.3 Å². The van der Waals surface area contributed by atoms with Gasteiger partial charge in [0.25, 0.3) is 0 Å². The van der Waals surface area contributed by atoms with Crippen LogP contribution in [-0.2, 0) is 9.53 Å². The Hall–Kier alpha value is -3.03. The number of nitrogens with one attached hydrogen (secondary N) is 2. The number of para-hydroxylation sites is 1. The number of hydrogen-bond acceptors (Lipinski definition) is 4. The van der Waals surface area contributed by atoms with Crippen molar-refractivity contribution in [2.75, 3.05) is 23.8 Å². The van der Waals surface area contributed by atoms with E-state index in [1.54, 1.807) is 31.2 Å². The molecule has 0 unspecified atom stereocenters. The molecule has 0 fully saturated rings. The Labute approximate surface area is 148 Å². The molecule has 138 valence electrons. The van der Waals surface area contributed by atoms with Crippen LogP contribution in [0.5, 0.6) is 0 Å². The number of amides is 1. The molecule has 1 amide bonds. The minimum atomic E-state index is -1.65. The molecule has 0 atom stereocenters. The maximum atomic E-state index is 13.5. The highest BCUT2D eigenvalue weighted by molar-refractivity contribution is 5.96. The van der Waals surface area contributed by atoms with E-state index in [4.69, 9.17) is 4.74 Å². The Balaban J connectivity index is 1.93. The van der Waals surface area contributed by atoms with Gasteiger partial charge in [-0.3, -0.25) is 4.79 Å². The normalized spacial score (nSPS) is 10.3. The molecular weight excluding hydrogens is 349 g/mol. The van der Waals surface area contributed by atoms with E-state index in [0.717, 1.165) is 12.1 Å². The average Bonchev–Trinajstić information content (AvgIpc) is 2.63. The molecule has 0 aliphatic rings. The van der Waals surface area contributed by atoms with E-state index in [-0.39, 0.29) is 19.6 Å². The van der Waals surface area contributed by atoms with Gasteiger partial charge in [-0.05, 0) is 31.2 Å². The molecule has 5 nitrogen and oxygen atoms in total. The summed E-state index contributed by atoms with van der Waals surface area (Å²) < 4.78 is 44.5. The van der Waals surface area contributed by atoms with E-state index in [1.165, 1.54) is 0 Å². The number of hydrogen-bond donors (Lipinski definition) is 2. The van der Waals surface area contributed by atoms with Gasteiger partial charge in [0.2, 0.25) is 5.91 Å². The lowest BCUT2D eigenvalue weighted by molar-refractivity contribution is -0.116. The zero-order valence-electron chi connectivity index (χ0n) is 13.9. The second-order valence-corrected chi connectivity index (χ2v) is 5.21. The Morgan fingerprint density at radius 2 is 1.73 bits per heavy atom. The predicted octanol–water partition coefficient (Wildman–Crippen LogP) is 3.72. The summed E-state index contributed by atoms with van der Waals surface area (Å²) in [6.07, 6.45) is -0.0877. The average molecular weight is 366 g/mol. The summed E-state index contributed by atoms with van der Waals surface area (Å²) in [5.41, 5.74) is 0.361. The summed E-state index contributed by atoms with van der Waals surface area (Å²) in [6.45, 7) is 2.05. The topological polar surface area (TPSA) is 67.4 Å². The number of carbonyl (C=O) groups excluding carboxylic acids is 2. The summed E-state index contributed by atoms with van der Waals surface area (Å²) in [5.74, 6) is -5.54. The van der Waals surface area contributed by atoms with Crippen LogP contribution in [0.4, 0.5) is 24.5 Å². The smallest absolute Gasteiger partial charge is 0.340 e. The van der Waals surface area contributed by atoms with Gasteiger partial charge in [0, 0.05) is 18.7 Å². The molecule has 0 saturated heterocycles. The van der Waals surface area contributed by atoms with E-state index in [9.17, 15) is 22.8 Å². The molecule has 0 aliphatic carbocycles. The molecule has 0 heterocycles. The van der Waals surface area contributed by atoms with Gasteiger partial charge < -0.3 is 15.4 Å². The van der Waals surface area contributed by atoms with Crippen LogP contribution < -0.4 is 10.6 Å². The van der Waals surface area contributed by atoms with Crippen molar-refractivity contribution in [2.24, 2.45) is 0 Å². The van der Waals surface area contributed by atoms with Crippen LogP contribution in [-0.4, -0.2) is 25.0 Å². The third-order valence-corrected chi connectivity index (χ3v) is 3.40. The highest BCUT2D eigenvalue weighted by Gasteiger charge is 2.15. The van der Waals surface area contributed by atoms with Gasteiger partial charge in [0.15, 0.2) is 17.5 Å². The van der Waals surface area contributed by atoms with E-state index in [1.807, 2.05) is 0 Å². The van der Waals surface area contributed by atoms with Gasteiger partial charge in [-0.15, -0.1) is 0 Å². The van der Waals surface area contributed by atoms with Crippen molar-refractivity contribution in [3.63, 3.8) is 0 Å². The second-order valence-electron chi connectivity index (χ2n) is 5.21. The summed E-state index contributed by atoms with van der Waals surface area (Å²) >= 11 is 0. The van der Waals surface area contributed by atoms with Gasteiger partial charge in [-0.2, -0.15) is 0 Å². The largest absolute Gasteiger partial charge is 0.462 e. The van der Waals surface area contributed by atoms with Crippen molar-refractivity contribution in [3.8, 4) is 0 Å². The number of halogens is 3. The Morgan fingerprint density at radius 3 is 2.46 bits per heavy atom. The highest BCUT2D eigenvalue weighted by atomic mass is 19.2. The zero-order chi connectivity index (χ0) is 19.1. The van der Waals surface area contributed by atoms with E-state index in [2.05, 4.69) is 10.6 Å². The van der Waals surface area contributed by atoms with Crippen LogP contribution in [0.1, 0.15) is 23.7 Å². The van der Waals surface area contributed by atoms with Gasteiger partial charge in [-0.1, -0.05) is 12.1 Å². The maximum Gasteiger partial charge on any atom is 0.340 e. The fraction of sp³-hybridized carbons (Fsp3) is 0.222. The van der Waals surface area contributed by atoms with Gasteiger partial charge >= 0.3 is 5.97 Å². The first-order chi connectivity index (χ1) is 12.4. The van der Waals surface area contributed by atoms with Crippen molar-refractivity contribution in [3.05, 3.63) is 59.4 Å². The van der Waals surface area contributed by atoms with Crippen molar-refractivity contribution in [1.82, 2.24) is 0 Å². The van der Waals surface area contributed by atoms with E-state index in [0.29, 0.717) is 11.3 Å². The van der Waals surface area contributed by atoms with Crippen LogP contribution >= 0.6 is 0 Å². The molecule has 26 heavy (non-hydrogen) atoms. The molecule has 0 aliphatic heterocycles. The SMILES string of the molecule is CCOC(=O)c1ccccc1NCCC(=O)Nc1ccc(F)c(F)c1F. The number of anilines is 2. The molecule has 0 saturated carbocycles. The van der Waals surface area contributed by atoms with Crippen molar-refractivity contribution in [1.29, 1.82) is 0 Å². The lowest BCUT2D eigenvalue weighted by Crippen LogP contribution is -2.18. The lowest BCUT2D eigenvalue weighted by Gasteiger charge is -2.11. The first-order valence-corrected chi connectivity index (χ1v) is 7.87. The quantitative estimate of drug-likeness (QED) is 0.579. The Bertz CT molecular complexity index is 812. The Morgan fingerprint density at radius 1 is 1.00 bits per heavy atom. The molecule has 0 bridgehead atoms. The first-order valence-electron chi connectivity index (χ1n) is 7.87. The first kappa shape index (κ1) is 19.3. The van der Waals surface area contributed by atoms with Crippen LogP contribution in [0.2, 0.25) is 0 Å². The fourth-order valence-corrected chi connectivity index (χ4v) is 2.17. The predicted molar refractivity (Wildman–Crippen MR) is 90.5 cm³/mol. The second kappa shape index (κ2) is 8.89. The number of carbonyl (C=O) groups is 2. The number of benzene rings is 2. The molecule has 8 heteroatoms. The maximum absolute atomic E-state index is 13.5. The third kappa shape index (κ3) is 4.75. The number of rotatable bonds is 7. The van der Waals surface area contributed by atoms with Gasteiger partial charge in [-0.25, -0.2) is 18.0 Å². The number of ether oxygens (including phenoxy) is 1. The monoisotopic (exact) mass is 366 g/mol. The molecule has 0 aromatic heterocycles. The molecule has 2 aromatic rings. The zero-order valence-corrected chi connectivity index (χ0v) is 13.9. The lowest BCUT2D eigenvalue weighted by atomic mass is 10.1.